The number of nitrogens with zero attached hydrogens (tertiary/aromatic N) is 2. The highest BCUT2D eigenvalue weighted by molar-refractivity contribution is 9.10. The number of amides is 1. The summed E-state index contributed by atoms with van der Waals surface area (Å²) < 4.78 is 3.10. The number of carbonyl (C=O) groups excluding carboxylic acids is 1. The molecule has 110 valence electrons. The van der Waals surface area contributed by atoms with E-state index in [2.05, 4.69) is 20.5 Å². The zero-order chi connectivity index (χ0) is 14.1. The highest BCUT2D eigenvalue weighted by atomic mass is 79.9. The lowest BCUT2D eigenvalue weighted by Gasteiger charge is -2.37. The fourth-order valence-electron chi connectivity index (χ4n) is 2.81. The van der Waals surface area contributed by atoms with Gasteiger partial charge in [0.1, 0.15) is 5.69 Å². The Balaban J connectivity index is 1.80. The summed E-state index contributed by atoms with van der Waals surface area (Å²) in [6, 6.07) is 2.81. The maximum atomic E-state index is 12.9. The van der Waals surface area contributed by atoms with Gasteiger partial charge in [0.15, 0.2) is 0 Å². The zero-order valence-electron chi connectivity index (χ0n) is 11.6. The van der Waals surface area contributed by atoms with Gasteiger partial charge in [-0.05, 0) is 60.5 Å². The average molecular weight is 341 g/mol. The van der Waals surface area contributed by atoms with Gasteiger partial charge in [-0.1, -0.05) is 0 Å². The van der Waals surface area contributed by atoms with Crippen molar-refractivity contribution < 1.29 is 9.90 Å². The van der Waals surface area contributed by atoms with Crippen molar-refractivity contribution in [2.75, 3.05) is 13.2 Å². The van der Waals surface area contributed by atoms with Crippen molar-refractivity contribution in [1.82, 2.24) is 9.47 Å². The number of aliphatic hydroxyl groups is 1. The highest BCUT2D eigenvalue weighted by Crippen LogP contribution is 2.38. The summed E-state index contributed by atoms with van der Waals surface area (Å²) >= 11 is 3.49. The smallest absolute Gasteiger partial charge is 0.270 e. The van der Waals surface area contributed by atoms with E-state index in [0.717, 1.165) is 23.0 Å². The number of halogens is 1. The number of aliphatic hydroxyl groups excluding tert-OH is 1. The van der Waals surface area contributed by atoms with Crippen LogP contribution in [0.15, 0.2) is 16.7 Å². The molecule has 0 aromatic carbocycles. The molecule has 3 rings (SSSR count). The molecule has 0 bridgehead atoms. The van der Waals surface area contributed by atoms with Gasteiger partial charge >= 0.3 is 0 Å². The number of hydrogen-bond acceptors (Lipinski definition) is 2. The van der Waals surface area contributed by atoms with Crippen LogP contribution in [0.3, 0.4) is 0 Å². The summed E-state index contributed by atoms with van der Waals surface area (Å²) in [7, 11) is 0. The van der Waals surface area contributed by atoms with Crippen LogP contribution in [0.4, 0.5) is 0 Å². The minimum Gasteiger partial charge on any atom is -0.396 e. The van der Waals surface area contributed by atoms with Gasteiger partial charge in [0.25, 0.3) is 5.91 Å². The lowest BCUT2D eigenvalue weighted by molar-refractivity contribution is 0.0551. The lowest BCUT2D eigenvalue weighted by atomic mass is 9.91. The van der Waals surface area contributed by atoms with Gasteiger partial charge in [0.2, 0.25) is 0 Å². The van der Waals surface area contributed by atoms with Crippen molar-refractivity contribution in [2.45, 2.75) is 50.6 Å². The standard InChI is InChI=1S/C15H21BrN2O2/c16-11-9-14(18(10-11)13-5-6-13)15(20)17(7-2-8-19)12-3-1-4-12/h9-10,12-13,19H,1-8H2. The SMILES string of the molecule is O=C(c1cc(Br)cn1C1CC1)N(CCCO)C1CCC1. The molecule has 0 atom stereocenters. The second kappa shape index (κ2) is 5.90. The molecular weight excluding hydrogens is 320 g/mol. The molecular formula is C15H21BrN2O2. The Bertz CT molecular complexity index is 492. The summed E-state index contributed by atoms with van der Waals surface area (Å²) in [4.78, 5) is 14.8. The fraction of sp³-hybridized carbons (Fsp3) is 0.667. The number of rotatable bonds is 6. The van der Waals surface area contributed by atoms with Crippen molar-refractivity contribution in [3.63, 3.8) is 0 Å². The summed E-state index contributed by atoms with van der Waals surface area (Å²) in [5.74, 6) is 0.126. The predicted octanol–water partition coefficient (Wildman–Crippen LogP) is 2.96. The second-order valence-electron chi connectivity index (χ2n) is 5.84. The highest BCUT2D eigenvalue weighted by Gasteiger charge is 2.33. The molecule has 2 aliphatic rings. The monoisotopic (exact) mass is 340 g/mol. The molecule has 20 heavy (non-hydrogen) atoms. The molecule has 2 aliphatic carbocycles. The Kier molecular flexibility index (Phi) is 4.17. The largest absolute Gasteiger partial charge is 0.396 e. The third-order valence-corrected chi connectivity index (χ3v) is 4.74. The van der Waals surface area contributed by atoms with E-state index < -0.39 is 0 Å². The first-order valence-corrected chi connectivity index (χ1v) is 8.29. The van der Waals surface area contributed by atoms with E-state index >= 15 is 0 Å². The van der Waals surface area contributed by atoms with E-state index in [1.807, 2.05) is 17.2 Å². The molecule has 2 fully saturated rings. The summed E-state index contributed by atoms with van der Waals surface area (Å²) in [6.45, 7) is 0.803. The lowest BCUT2D eigenvalue weighted by Crippen LogP contribution is -2.45. The second-order valence-corrected chi connectivity index (χ2v) is 6.76. The molecule has 1 aromatic heterocycles. The Hall–Kier alpha value is -0.810. The number of carbonyl (C=O) groups is 1. The van der Waals surface area contributed by atoms with Crippen LogP contribution < -0.4 is 0 Å². The molecule has 0 spiro atoms. The minimum atomic E-state index is 0.126. The van der Waals surface area contributed by atoms with Gasteiger partial charge in [0.05, 0.1) is 0 Å². The maximum Gasteiger partial charge on any atom is 0.270 e. The van der Waals surface area contributed by atoms with Crippen molar-refractivity contribution in [3.8, 4) is 0 Å². The first-order chi connectivity index (χ1) is 9.70. The Morgan fingerprint density at radius 3 is 2.70 bits per heavy atom. The number of aromatic nitrogens is 1. The molecule has 0 radical (unpaired) electrons. The topological polar surface area (TPSA) is 45.5 Å². The Morgan fingerprint density at radius 1 is 1.40 bits per heavy atom. The normalized spacial score (nSPS) is 18.9. The average Bonchev–Trinajstić information content (AvgIpc) is 3.14. The van der Waals surface area contributed by atoms with Crippen LogP contribution in [0.1, 0.15) is 55.1 Å². The van der Waals surface area contributed by atoms with Crippen LogP contribution >= 0.6 is 15.9 Å². The molecule has 0 unspecified atom stereocenters. The molecule has 1 heterocycles. The molecule has 4 nitrogen and oxygen atoms in total. The molecule has 1 amide bonds. The fourth-order valence-corrected chi connectivity index (χ4v) is 3.25. The first kappa shape index (κ1) is 14.1. The molecule has 0 saturated heterocycles. The molecule has 2 saturated carbocycles. The zero-order valence-corrected chi connectivity index (χ0v) is 13.2. The maximum absolute atomic E-state index is 12.9. The summed E-state index contributed by atoms with van der Waals surface area (Å²) in [6.07, 6.45) is 8.43. The van der Waals surface area contributed by atoms with E-state index in [0.29, 0.717) is 25.0 Å². The Labute approximate surface area is 127 Å². The van der Waals surface area contributed by atoms with Gasteiger partial charge in [-0.2, -0.15) is 0 Å². The number of hydrogen-bond donors (Lipinski definition) is 1. The van der Waals surface area contributed by atoms with Crippen molar-refractivity contribution in [1.29, 1.82) is 0 Å². The van der Waals surface area contributed by atoms with Crippen molar-refractivity contribution >= 4 is 21.8 Å². The van der Waals surface area contributed by atoms with Crippen molar-refractivity contribution in [2.24, 2.45) is 0 Å². The first-order valence-electron chi connectivity index (χ1n) is 7.50. The van der Waals surface area contributed by atoms with Crippen LogP contribution in [0.2, 0.25) is 0 Å². The Morgan fingerprint density at radius 2 is 2.15 bits per heavy atom. The quantitative estimate of drug-likeness (QED) is 0.865. The van der Waals surface area contributed by atoms with E-state index in [1.165, 1.54) is 19.3 Å². The van der Waals surface area contributed by atoms with Crippen molar-refractivity contribution in [3.05, 3.63) is 22.4 Å². The van der Waals surface area contributed by atoms with E-state index in [1.54, 1.807) is 0 Å². The van der Waals surface area contributed by atoms with Crippen LogP contribution in [-0.4, -0.2) is 39.7 Å². The van der Waals surface area contributed by atoms with Gasteiger partial charge in [0, 0.05) is 35.9 Å². The van der Waals surface area contributed by atoms with Gasteiger partial charge in [-0.25, -0.2) is 0 Å². The molecule has 5 heteroatoms. The van der Waals surface area contributed by atoms with E-state index in [9.17, 15) is 4.79 Å². The molecule has 1 N–H and O–H groups in total. The summed E-state index contributed by atoms with van der Waals surface area (Å²) in [5, 5.41) is 9.05. The molecule has 0 aliphatic heterocycles. The molecule has 1 aromatic rings. The van der Waals surface area contributed by atoms with Gasteiger partial charge in [-0.15, -0.1) is 0 Å². The third kappa shape index (κ3) is 2.79. The summed E-state index contributed by atoms with van der Waals surface area (Å²) in [5.41, 5.74) is 0.796. The van der Waals surface area contributed by atoms with Crippen LogP contribution in [-0.2, 0) is 0 Å². The minimum absolute atomic E-state index is 0.126. The van der Waals surface area contributed by atoms with E-state index in [-0.39, 0.29) is 12.5 Å². The van der Waals surface area contributed by atoms with Crippen LogP contribution in [0, 0.1) is 0 Å². The predicted molar refractivity (Wildman–Crippen MR) is 80.8 cm³/mol. The van der Waals surface area contributed by atoms with E-state index in [4.69, 9.17) is 5.11 Å². The van der Waals surface area contributed by atoms with Crippen LogP contribution in [0.25, 0.3) is 0 Å². The van der Waals surface area contributed by atoms with Gasteiger partial charge in [-0.3, -0.25) is 4.79 Å². The van der Waals surface area contributed by atoms with Crippen LogP contribution in [0.5, 0.6) is 0 Å². The van der Waals surface area contributed by atoms with Gasteiger partial charge < -0.3 is 14.6 Å². The third-order valence-electron chi connectivity index (χ3n) is 4.31.